The monoisotopic (exact) mass is 306 g/mol. The van der Waals surface area contributed by atoms with Crippen LogP contribution in [0.2, 0.25) is 5.02 Å². The van der Waals surface area contributed by atoms with Crippen molar-refractivity contribution in [3.8, 4) is 5.88 Å². The van der Waals surface area contributed by atoms with Crippen LogP contribution >= 0.6 is 11.6 Å². The first-order valence-corrected chi connectivity index (χ1v) is 6.59. The Hall–Kier alpha value is -2.34. The number of aromatic nitrogens is 2. The number of nitrogens with zero attached hydrogens (tertiary/aromatic N) is 2. The van der Waals surface area contributed by atoms with Crippen molar-refractivity contribution >= 4 is 29.1 Å². The first kappa shape index (κ1) is 15.1. The molecule has 0 fully saturated rings. The third-order valence-electron chi connectivity index (χ3n) is 2.76. The molecule has 1 aromatic heterocycles. The molecule has 0 saturated heterocycles. The summed E-state index contributed by atoms with van der Waals surface area (Å²) >= 11 is 5.93. The van der Waals surface area contributed by atoms with Crippen LogP contribution in [0.5, 0.6) is 5.88 Å². The molecule has 0 aliphatic rings. The van der Waals surface area contributed by atoms with Gasteiger partial charge in [0.2, 0.25) is 11.8 Å². The second kappa shape index (κ2) is 6.41. The van der Waals surface area contributed by atoms with E-state index in [1.165, 1.54) is 7.11 Å². The maximum Gasteiger partial charge on any atom is 0.260 e. The third kappa shape index (κ3) is 3.61. The average Bonchev–Trinajstić information content (AvgIpc) is 2.46. The van der Waals surface area contributed by atoms with Crippen molar-refractivity contribution in [1.29, 1.82) is 0 Å². The average molecular weight is 307 g/mol. The Morgan fingerprint density at radius 1 is 1.29 bits per heavy atom. The second-order valence-corrected chi connectivity index (χ2v) is 4.71. The molecule has 0 saturated carbocycles. The molecule has 2 rings (SSSR count). The first-order chi connectivity index (χ1) is 10.0. The summed E-state index contributed by atoms with van der Waals surface area (Å²) in [6.07, 6.45) is 0. The fourth-order valence-corrected chi connectivity index (χ4v) is 1.96. The summed E-state index contributed by atoms with van der Waals surface area (Å²) in [5, 5.41) is 6.05. The van der Waals surface area contributed by atoms with Gasteiger partial charge in [-0.1, -0.05) is 11.6 Å². The highest BCUT2D eigenvalue weighted by molar-refractivity contribution is 6.31. The van der Waals surface area contributed by atoms with Crippen LogP contribution in [0.15, 0.2) is 24.3 Å². The summed E-state index contributed by atoms with van der Waals surface area (Å²) in [6.45, 7) is 1.79. The number of halogens is 1. The first-order valence-electron chi connectivity index (χ1n) is 6.22. The number of anilines is 2. The van der Waals surface area contributed by atoms with Crippen molar-refractivity contribution in [3.63, 3.8) is 0 Å². The van der Waals surface area contributed by atoms with Gasteiger partial charge in [-0.2, -0.15) is 4.98 Å². The number of aryl methyl sites for hydroxylation is 1. The van der Waals surface area contributed by atoms with Gasteiger partial charge in [0.25, 0.3) is 5.91 Å². The molecule has 1 amide bonds. The van der Waals surface area contributed by atoms with E-state index in [2.05, 4.69) is 20.6 Å². The predicted octanol–water partition coefficient (Wildman–Crippen LogP) is 2.74. The summed E-state index contributed by atoms with van der Waals surface area (Å²) < 4.78 is 5.05. The summed E-state index contributed by atoms with van der Waals surface area (Å²) in [4.78, 5) is 20.6. The third-order valence-corrected chi connectivity index (χ3v) is 3.00. The van der Waals surface area contributed by atoms with E-state index in [1.54, 1.807) is 38.2 Å². The maximum atomic E-state index is 12.3. The van der Waals surface area contributed by atoms with Crippen LogP contribution in [0.25, 0.3) is 0 Å². The number of carbonyl (C=O) groups excluding carboxylic acids is 1. The van der Waals surface area contributed by atoms with Crippen molar-refractivity contribution < 1.29 is 9.53 Å². The molecule has 1 aromatic carbocycles. The van der Waals surface area contributed by atoms with Crippen LogP contribution in [-0.4, -0.2) is 30.0 Å². The molecule has 7 heteroatoms. The Bertz CT molecular complexity index is 676. The highest BCUT2D eigenvalue weighted by Crippen LogP contribution is 2.21. The lowest BCUT2D eigenvalue weighted by molar-refractivity contribution is 0.102. The number of hydrogen-bond acceptors (Lipinski definition) is 5. The molecular formula is C14H15ClN4O2. The number of carbonyl (C=O) groups is 1. The van der Waals surface area contributed by atoms with Gasteiger partial charge in [-0.15, -0.1) is 0 Å². The molecule has 21 heavy (non-hydrogen) atoms. The Morgan fingerprint density at radius 2 is 2.05 bits per heavy atom. The smallest absolute Gasteiger partial charge is 0.260 e. The van der Waals surface area contributed by atoms with E-state index < -0.39 is 0 Å². The van der Waals surface area contributed by atoms with E-state index in [0.29, 0.717) is 27.8 Å². The van der Waals surface area contributed by atoms with Gasteiger partial charge in [0.05, 0.1) is 12.7 Å². The van der Waals surface area contributed by atoms with E-state index in [1.807, 2.05) is 0 Å². The molecule has 0 aliphatic heterocycles. The molecule has 0 spiro atoms. The molecule has 6 nitrogen and oxygen atoms in total. The summed E-state index contributed by atoms with van der Waals surface area (Å²) in [5.74, 6) is 0.214. The van der Waals surface area contributed by atoms with Crippen molar-refractivity contribution in [3.05, 3.63) is 40.5 Å². The Morgan fingerprint density at radius 3 is 2.71 bits per heavy atom. The standard InChI is InChI=1S/C14H15ClN4O2/c1-8-6-12(21-3)18-14(17-8)19-13(20)10-7-9(15)4-5-11(10)16-2/h4-7,16H,1-3H3,(H,17,18,19,20). The lowest BCUT2D eigenvalue weighted by atomic mass is 10.1. The highest BCUT2D eigenvalue weighted by atomic mass is 35.5. The van der Waals surface area contributed by atoms with Gasteiger partial charge in [0.15, 0.2) is 0 Å². The number of ether oxygens (including phenoxy) is 1. The fourth-order valence-electron chi connectivity index (χ4n) is 1.79. The number of nitrogens with one attached hydrogen (secondary N) is 2. The summed E-state index contributed by atoms with van der Waals surface area (Å²) in [7, 11) is 3.23. The molecule has 2 aromatic rings. The largest absolute Gasteiger partial charge is 0.481 e. The minimum atomic E-state index is -0.352. The Kier molecular flexibility index (Phi) is 4.59. The van der Waals surface area contributed by atoms with Crippen LogP contribution < -0.4 is 15.4 Å². The number of benzene rings is 1. The quantitative estimate of drug-likeness (QED) is 0.908. The minimum Gasteiger partial charge on any atom is -0.481 e. The molecule has 1 heterocycles. The van der Waals surface area contributed by atoms with Crippen LogP contribution in [0.3, 0.4) is 0 Å². The number of methoxy groups -OCH3 is 1. The van der Waals surface area contributed by atoms with Crippen LogP contribution in [-0.2, 0) is 0 Å². The van der Waals surface area contributed by atoms with Gasteiger partial charge in [-0.05, 0) is 25.1 Å². The van der Waals surface area contributed by atoms with Gasteiger partial charge in [-0.3, -0.25) is 10.1 Å². The fraction of sp³-hybridized carbons (Fsp3) is 0.214. The molecular weight excluding hydrogens is 292 g/mol. The topological polar surface area (TPSA) is 76.1 Å². The lowest BCUT2D eigenvalue weighted by Gasteiger charge is -2.10. The molecule has 0 bridgehead atoms. The van der Waals surface area contributed by atoms with E-state index in [-0.39, 0.29) is 11.9 Å². The second-order valence-electron chi connectivity index (χ2n) is 4.27. The van der Waals surface area contributed by atoms with Gasteiger partial charge >= 0.3 is 0 Å². The van der Waals surface area contributed by atoms with Crippen molar-refractivity contribution in [2.24, 2.45) is 0 Å². The van der Waals surface area contributed by atoms with Crippen LogP contribution in [0, 0.1) is 6.92 Å². The predicted molar refractivity (Wildman–Crippen MR) is 82.3 cm³/mol. The van der Waals surface area contributed by atoms with E-state index in [9.17, 15) is 4.79 Å². The van der Waals surface area contributed by atoms with E-state index in [0.717, 1.165) is 0 Å². The molecule has 110 valence electrons. The summed E-state index contributed by atoms with van der Waals surface area (Å²) in [6, 6.07) is 6.69. The maximum absolute atomic E-state index is 12.3. The highest BCUT2D eigenvalue weighted by Gasteiger charge is 2.14. The van der Waals surface area contributed by atoms with Crippen LogP contribution in [0.4, 0.5) is 11.6 Å². The van der Waals surface area contributed by atoms with Gasteiger partial charge in [0, 0.05) is 29.5 Å². The van der Waals surface area contributed by atoms with E-state index in [4.69, 9.17) is 16.3 Å². The molecule has 0 atom stereocenters. The number of amides is 1. The van der Waals surface area contributed by atoms with Gasteiger partial charge < -0.3 is 10.1 Å². The zero-order chi connectivity index (χ0) is 15.4. The van der Waals surface area contributed by atoms with E-state index >= 15 is 0 Å². The molecule has 0 radical (unpaired) electrons. The zero-order valence-electron chi connectivity index (χ0n) is 11.9. The Labute approximate surface area is 127 Å². The lowest BCUT2D eigenvalue weighted by Crippen LogP contribution is -2.16. The van der Waals surface area contributed by atoms with Gasteiger partial charge in [0.1, 0.15) is 0 Å². The zero-order valence-corrected chi connectivity index (χ0v) is 12.7. The van der Waals surface area contributed by atoms with Crippen molar-refractivity contribution in [1.82, 2.24) is 9.97 Å². The van der Waals surface area contributed by atoms with Gasteiger partial charge in [-0.25, -0.2) is 4.98 Å². The number of hydrogen-bond donors (Lipinski definition) is 2. The Balaban J connectivity index is 2.30. The molecule has 0 aliphatic carbocycles. The summed E-state index contributed by atoms with van der Waals surface area (Å²) in [5.41, 5.74) is 1.77. The van der Waals surface area contributed by atoms with Crippen molar-refractivity contribution in [2.45, 2.75) is 6.92 Å². The normalized spacial score (nSPS) is 10.1. The number of rotatable bonds is 4. The molecule has 0 unspecified atom stereocenters. The SMILES string of the molecule is CNc1ccc(Cl)cc1C(=O)Nc1nc(C)cc(OC)n1. The van der Waals surface area contributed by atoms with Crippen LogP contribution in [0.1, 0.15) is 16.1 Å². The minimum absolute atomic E-state index is 0.180. The molecule has 2 N–H and O–H groups in total. The van der Waals surface area contributed by atoms with Crippen molar-refractivity contribution in [2.75, 3.05) is 24.8 Å².